The van der Waals surface area contributed by atoms with Crippen LogP contribution < -0.4 is 0 Å². The highest BCUT2D eigenvalue weighted by molar-refractivity contribution is 5.26. The zero-order chi connectivity index (χ0) is 10.7. The Kier molecular flexibility index (Phi) is 3.08. The quantitative estimate of drug-likeness (QED) is 0.820. The molecule has 0 saturated carbocycles. The van der Waals surface area contributed by atoms with Gasteiger partial charge in [0.1, 0.15) is 0 Å². The fraction of sp³-hybridized carbons (Fsp3) is 0.538. The molecule has 2 nitrogen and oxygen atoms in total. The van der Waals surface area contributed by atoms with Crippen LogP contribution in [-0.4, -0.2) is 24.4 Å². The normalized spacial score (nSPS) is 30.7. The standard InChI is InChI=1S/C13H18O2/c1-2-13(8-12(9-14)15-10-13)11-6-4-3-5-7-11/h3-7,12,14H,2,8-10H2,1H3. The maximum absolute atomic E-state index is 9.12. The van der Waals surface area contributed by atoms with E-state index in [2.05, 4.69) is 31.2 Å². The SMILES string of the molecule is CCC1(c2ccccc2)COC(CO)C1. The number of hydrogen-bond acceptors (Lipinski definition) is 2. The van der Waals surface area contributed by atoms with Gasteiger partial charge in [0.2, 0.25) is 0 Å². The van der Waals surface area contributed by atoms with Crippen molar-refractivity contribution in [2.24, 2.45) is 0 Å². The summed E-state index contributed by atoms with van der Waals surface area (Å²) in [4.78, 5) is 0. The van der Waals surface area contributed by atoms with Gasteiger partial charge < -0.3 is 9.84 Å². The highest BCUT2D eigenvalue weighted by atomic mass is 16.5. The summed E-state index contributed by atoms with van der Waals surface area (Å²) in [5.41, 5.74) is 1.46. The maximum Gasteiger partial charge on any atom is 0.0815 e. The molecule has 1 N–H and O–H groups in total. The first-order chi connectivity index (χ1) is 7.30. The van der Waals surface area contributed by atoms with Crippen molar-refractivity contribution in [1.29, 1.82) is 0 Å². The Hall–Kier alpha value is -0.860. The van der Waals surface area contributed by atoms with Crippen LogP contribution in [0.3, 0.4) is 0 Å². The average molecular weight is 206 g/mol. The van der Waals surface area contributed by atoms with Gasteiger partial charge in [-0.25, -0.2) is 0 Å². The van der Waals surface area contributed by atoms with E-state index in [1.165, 1.54) is 5.56 Å². The van der Waals surface area contributed by atoms with E-state index >= 15 is 0 Å². The Labute approximate surface area is 90.9 Å². The number of ether oxygens (including phenoxy) is 1. The Morgan fingerprint density at radius 1 is 1.40 bits per heavy atom. The lowest BCUT2D eigenvalue weighted by molar-refractivity contribution is 0.0560. The lowest BCUT2D eigenvalue weighted by Gasteiger charge is -2.26. The molecule has 1 aromatic rings. The molecule has 1 aromatic carbocycles. The van der Waals surface area contributed by atoms with Crippen molar-refractivity contribution in [3.63, 3.8) is 0 Å². The molecule has 1 saturated heterocycles. The van der Waals surface area contributed by atoms with Crippen molar-refractivity contribution in [2.45, 2.75) is 31.3 Å². The minimum Gasteiger partial charge on any atom is -0.394 e. The van der Waals surface area contributed by atoms with Crippen molar-refractivity contribution in [3.05, 3.63) is 35.9 Å². The molecule has 0 aliphatic carbocycles. The summed E-state index contributed by atoms with van der Waals surface area (Å²) >= 11 is 0. The van der Waals surface area contributed by atoms with E-state index in [-0.39, 0.29) is 18.1 Å². The van der Waals surface area contributed by atoms with Crippen LogP contribution in [0.4, 0.5) is 0 Å². The molecular weight excluding hydrogens is 188 g/mol. The molecule has 1 fully saturated rings. The number of rotatable bonds is 3. The summed E-state index contributed by atoms with van der Waals surface area (Å²) in [5.74, 6) is 0. The maximum atomic E-state index is 9.12. The number of hydrogen-bond donors (Lipinski definition) is 1. The molecule has 0 spiro atoms. The molecule has 2 atom stereocenters. The summed E-state index contributed by atoms with van der Waals surface area (Å²) in [6.45, 7) is 3.06. The molecule has 1 aliphatic rings. The summed E-state index contributed by atoms with van der Waals surface area (Å²) in [7, 11) is 0. The van der Waals surface area contributed by atoms with Crippen LogP contribution in [0.15, 0.2) is 30.3 Å². The summed E-state index contributed by atoms with van der Waals surface area (Å²) in [5, 5.41) is 9.12. The molecule has 0 amide bonds. The third-order valence-electron chi connectivity index (χ3n) is 3.48. The summed E-state index contributed by atoms with van der Waals surface area (Å²) in [6, 6.07) is 10.5. The summed E-state index contributed by atoms with van der Waals surface area (Å²) < 4.78 is 5.61. The lowest BCUT2D eigenvalue weighted by Crippen LogP contribution is -2.26. The predicted molar refractivity (Wildman–Crippen MR) is 59.9 cm³/mol. The van der Waals surface area contributed by atoms with Crippen LogP contribution in [0, 0.1) is 0 Å². The van der Waals surface area contributed by atoms with Crippen molar-refractivity contribution in [1.82, 2.24) is 0 Å². The average Bonchev–Trinajstić information content (AvgIpc) is 2.75. The second kappa shape index (κ2) is 4.33. The Bertz CT molecular complexity index is 310. The van der Waals surface area contributed by atoms with Gasteiger partial charge in [0.15, 0.2) is 0 Å². The van der Waals surface area contributed by atoms with E-state index in [0.717, 1.165) is 19.4 Å². The van der Waals surface area contributed by atoms with Gasteiger partial charge in [0, 0.05) is 5.41 Å². The van der Waals surface area contributed by atoms with Crippen LogP contribution in [0.2, 0.25) is 0 Å². The molecule has 82 valence electrons. The lowest BCUT2D eigenvalue weighted by atomic mass is 9.76. The van der Waals surface area contributed by atoms with Crippen molar-refractivity contribution < 1.29 is 9.84 Å². The fourth-order valence-electron chi connectivity index (χ4n) is 2.39. The Balaban J connectivity index is 2.24. The van der Waals surface area contributed by atoms with Gasteiger partial charge in [-0.3, -0.25) is 0 Å². The third kappa shape index (κ3) is 1.92. The van der Waals surface area contributed by atoms with Crippen LogP contribution >= 0.6 is 0 Å². The van der Waals surface area contributed by atoms with Crippen molar-refractivity contribution >= 4 is 0 Å². The van der Waals surface area contributed by atoms with E-state index in [4.69, 9.17) is 9.84 Å². The third-order valence-corrected chi connectivity index (χ3v) is 3.48. The largest absolute Gasteiger partial charge is 0.394 e. The first kappa shape index (κ1) is 10.7. The number of aliphatic hydroxyl groups excluding tert-OH is 1. The Morgan fingerprint density at radius 2 is 2.13 bits per heavy atom. The van der Waals surface area contributed by atoms with E-state index in [1.807, 2.05) is 6.07 Å². The molecule has 0 radical (unpaired) electrons. The van der Waals surface area contributed by atoms with E-state index in [0.29, 0.717) is 0 Å². The monoisotopic (exact) mass is 206 g/mol. The van der Waals surface area contributed by atoms with Gasteiger partial charge in [0.25, 0.3) is 0 Å². The first-order valence-electron chi connectivity index (χ1n) is 5.59. The summed E-state index contributed by atoms with van der Waals surface area (Å²) in [6.07, 6.45) is 2.02. The van der Waals surface area contributed by atoms with Gasteiger partial charge in [0.05, 0.1) is 19.3 Å². The van der Waals surface area contributed by atoms with Gasteiger partial charge in [-0.2, -0.15) is 0 Å². The van der Waals surface area contributed by atoms with Gasteiger partial charge >= 0.3 is 0 Å². The van der Waals surface area contributed by atoms with E-state index in [1.54, 1.807) is 0 Å². The van der Waals surface area contributed by atoms with E-state index in [9.17, 15) is 0 Å². The Morgan fingerprint density at radius 3 is 2.67 bits per heavy atom. The van der Waals surface area contributed by atoms with Crippen LogP contribution in [0.25, 0.3) is 0 Å². The van der Waals surface area contributed by atoms with Gasteiger partial charge in [-0.05, 0) is 18.4 Å². The van der Waals surface area contributed by atoms with Gasteiger partial charge in [-0.15, -0.1) is 0 Å². The first-order valence-corrected chi connectivity index (χ1v) is 5.59. The predicted octanol–water partition coefficient (Wildman–Crippen LogP) is 2.12. The molecule has 0 bridgehead atoms. The topological polar surface area (TPSA) is 29.5 Å². The fourth-order valence-corrected chi connectivity index (χ4v) is 2.39. The minimum absolute atomic E-state index is 0.0187. The second-order valence-electron chi connectivity index (χ2n) is 4.32. The number of aliphatic hydroxyl groups is 1. The highest BCUT2D eigenvalue weighted by Crippen LogP contribution is 2.38. The molecule has 0 aromatic heterocycles. The molecular formula is C13H18O2. The molecule has 1 heterocycles. The van der Waals surface area contributed by atoms with E-state index < -0.39 is 0 Å². The van der Waals surface area contributed by atoms with Crippen LogP contribution in [0.5, 0.6) is 0 Å². The molecule has 15 heavy (non-hydrogen) atoms. The molecule has 2 rings (SSSR count). The van der Waals surface area contributed by atoms with Crippen molar-refractivity contribution in [3.8, 4) is 0 Å². The smallest absolute Gasteiger partial charge is 0.0815 e. The van der Waals surface area contributed by atoms with Gasteiger partial charge in [-0.1, -0.05) is 37.3 Å². The molecule has 2 unspecified atom stereocenters. The second-order valence-corrected chi connectivity index (χ2v) is 4.32. The zero-order valence-corrected chi connectivity index (χ0v) is 9.15. The minimum atomic E-state index is 0.0187. The van der Waals surface area contributed by atoms with Crippen molar-refractivity contribution in [2.75, 3.05) is 13.2 Å². The molecule has 1 aliphatic heterocycles. The number of benzene rings is 1. The zero-order valence-electron chi connectivity index (χ0n) is 9.15. The molecule has 2 heteroatoms. The van der Waals surface area contributed by atoms with Crippen LogP contribution in [0.1, 0.15) is 25.3 Å². The van der Waals surface area contributed by atoms with Crippen LogP contribution in [-0.2, 0) is 10.2 Å². The highest BCUT2D eigenvalue weighted by Gasteiger charge is 2.39.